The van der Waals surface area contributed by atoms with Crippen molar-refractivity contribution in [1.29, 1.82) is 0 Å². The molecule has 31 heavy (non-hydrogen) atoms. The van der Waals surface area contributed by atoms with E-state index < -0.39 is 17.4 Å². The predicted molar refractivity (Wildman–Crippen MR) is 130 cm³/mol. The van der Waals surface area contributed by atoms with Crippen molar-refractivity contribution in [3.8, 4) is 0 Å². The van der Waals surface area contributed by atoms with Crippen molar-refractivity contribution < 1.29 is 19.1 Å². The minimum atomic E-state index is -1.14. The van der Waals surface area contributed by atoms with Crippen LogP contribution in [-0.2, 0) is 19.1 Å². The van der Waals surface area contributed by atoms with E-state index in [0.717, 1.165) is 38.5 Å². The molecule has 0 aromatic heterocycles. The second kappa shape index (κ2) is 20.8. The molecule has 184 valence electrons. The topological polar surface area (TPSA) is 52.6 Å². The summed E-state index contributed by atoms with van der Waals surface area (Å²) in [5.41, 5.74) is -1.14. The van der Waals surface area contributed by atoms with Gasteiger partial charge in [-0.2, -0.15) is 0 Å². The molecule has 0 radical (unpaired) electrons. The summed E-state index contributed by atoms with van der Waals surface area (Å²) < 4.78 is 10.9. The van der Waals surface area contributed by atoms with E-state index in [1.165, 1.54) is 64.2 Å². The largest absolute Gasteiger partial charge is 0.465 e. The van der Waals surface area contributed by atoms with Crippen molar-refractivity contribution in [2.24, 2.45) is 5.41 Å². The van der Waals surface area contributed by atoms with Crippen LogP contribution < -0.4 is 0 Å². The Hall–Kier alpha value is -1.06. The molecule has 0 aromatic carbocycles. The Morgan fingerprint density at radius 2 is 0.774 bits per heavy atom. The molecule has 0 spiro atoms. The van der Waals surface area contributed by atoms with Crippen LogP contribution >= 0.6 is 0 Å². The normalized spacial score (nSPS) is 11.5. The van der Waals surface area contributed by atoms with Gasteiger partial charge in [0, 0.05) is 0 Å². The van der Waals surface area contributed by atoms with E-state index in [4.69, 9.17) is 9.47 Å². The fraction of sp³-hybridized carbons (Fsp3) is 0.926. The number of hydrogen-bond donors (Lipinski definition) is 0. The molecule has 0 aliphatic rings. The fourth-order valence-electron chi connectivity index (χ4n) is 3.99. The molecule has 0 aliphatic heterocycles. The molecule has 4 nitrogen and oxygen atoms in total. The molecule has 0 N–H and O–H groups in total. The number of carbonyl (C=O) groups is 2. The van der Waals surface area contributed by atoms with Gasteiger partial charge in [0.1, 0.15) is 0 Å². The van der Waals surface area contributed by atoms with Gasteiger partial charge in [0.05, 0.1) is 13.2 Å². The van der Waals surface area contributed by atoms with E-state index in [1.54, 1.807) is 0 Å². The summed E-state index contributed by atoms with van der Waals surface area (Å²) >= 11 is 0. The molecule has 0 rings (SSSR count). The minimum absolute atomic E-state index is 0.395. The molecule has 0 amide bonds. The zero-order valence-electron chi connectivity index (χ0n) is 21.3. The molecule has 0 saturated carbocycles. The van der Waals surface area contributed by atoms with Gasteiger partial charge in [-0.1, -0.05) is 118 Å². The van der Waals surface area contributed by atoms with Crippen LogP contribution in [0.15, 0.2) is 0 Å². The van der Waals surface area contributed by atoms with Crippen LogP contribution in [0.25, 0.3) is 0 Å². The first-order chi connectivity index (χ1) is 15.1. The van der Waals surface area contributed by atoms with Crippen LogP contribution in [0.5, 0.6) is 0 Å². The minimum Gasteiger partial charge on any atom is -0.465 e. The summed E-state index contributed by atoms with van der Waals surface area (Å²) in [5.74, 6) is -0.812. The molecular formula is C27H52O4. The van der Waals surface area contributed by atoms with E-state index in [2.05, 4.69) is 13.8 Å². The first kappa shape index (κ1) is 29.9. The molecule has 0 atom stereocenters. The molecule has 0 saturated heterocycles. The molecule has 0 aromatic rings. The van der Waals surface area contributed by atoms with E-state index in [-0.39, 0.29) is 0 Å². The lowest BCUT2D eigenvalue weighted by molar-refractivity contribution is -0.173. The number of hydrogen-bond acceptors (Lipinski definition) is 4. The Balaban J connectivity index is 3.93. The maximum atomic E-state index is 12.7. The fourth-order valence-corrected chi connectivity index (χ4v) is 3.99. The van der Waals surface area contributed by atoms with Crippen molar-refractivity contribution in [3.63, 3.8) is 0 Å². The summed E-state index contributed by atoms with van der Waals surface area (Å²) in [4.78, 5) is 25.3. The zero-order chi connectivity index (χ0) is 23.2. The Bertz CT molecular complexity index is 429. The molecule has 0 aliphatic carbocycles. The van der Waals surface area contributed by atoms with Gasteiger partial charge < -0.3 is 9.47 Å². The number of esters is 2. The first-order valence-electron chi connectivity index (χ1n) is 13.4. The smallest absolute Gasteiger partial charge is 0.323 e. The number of rotatable bonds is 22. The summed E-state index contributed by atoms with van der Waals surface area (Å²) in [6, 6.07) is 0. The van der Waals surface area contributed by atoms with Gasteiger partial charge in [-0.25, -0.2) is 0 Å². The lowest BCUT2D eigenvalue weighted by Gasteiger charge is -2.27. The summed E-state index contributed by atoms with van der Waals surface area (Å²) in [6.45, 7) is 8.95. The van der Waals surface area contributed by atoms with E-state index in [1.807, 2.05) is 13.8 Å². The predicted octanol–water partition coefficient (Wildman–Crippen LogP) is 8.16. The highest BCUT2D eigenvalue weighted by Crippen LogP contribution is 2.30. The van der Waals surface area contributed by atoms with Gasteiger partial charge in [-0.15, -0.1) is 0 Å². The first-order valence-corrected chi connectivity index (χ1v) is 13.4. The Kier molecular flexibility index (Phi) is 20.1. The van der Waals surface area contributed by atoms with Crippen LogP contribution in [0.2, 0.25) is 0 Å². The lowest BCUT2D eigenvalue weighted by atomic mass is 9.82. The number of ether oxygens (including phenoxy) is 2. The highest BCUT2D eigenvalue weighted by molar-refractivity contribution is 5.99. The van der Waals surface area contributed by atoms with Crippen LogP contribution in [0.1, 0.15) is 143 Å². The lowest BCUT2D eigenvalue weighted by Crippen LogP contribution is -2.41. The average molecular weight is 441 g/mol. The Labute approximate surface area is 193 Å². The quantitative estimate of drug-likeness (QED) is 0.0967. The maximum Gasteiger partial charge on any atom is 0.323 e. The summed E-state index contributed by atoms with van der Waals surface area (Å²) in [7, 11) is 0. The van der Waals surface area contributed by atoms with Gasteiger partial charge in [0.25, 0.3) is 0 Å². The third-order valence-corrected chi connectivity index (χ3v) is 6.45. The average Bonchev–Trinajstić information content (AvgIpc) is 2.78. The van der Waals surface area contributed by atoms with Gasteiger partial charge in [-0.05, 0) is 25.7 Å². The second-order valence-electron chi connectivity index (χ2n) is 9.01. The summed E-state index contributed by atoms with van der Waals surface area (Å²) in [5, 5.41) is 0. The monoisotopic (exact) mass is 440 g/mol. The SMILES string of the molecule is CCCCCCCCCCCCCCOC(=O)C(CC)(CC)C(=O)OCCCCCC. The maximum absolute atomic E-state index is 12.7. The second-order valence-corrected chi connectivity index (χ2v) is 9.01. The number of carbonyl (C=O) groups excluding carboxylic acids is 2. The van der Waals surface area contributed by atoms with Gasteiger partial charge in [0.2, 0.25) is 0 Å². The van der Waals surface area contributed by atoms with Crippen LogP contribution in [0.3, 0.4) is 0 Å². The third-order valence-electron chi connectivity index (χ3n) is 6.45. The molecule has 0 unspecified atom stereocenters. The third kappa shape index (κ3) is 13.9. The molecule has 0 heterocycles. The van der Waals surface area contributed by atoms with Crippen molar-refractivity contribution >= 4 is 11.9 Å². The van der Waals surface area contributed by atoms with Crippen LogP contribution in [0.4, 0.5) is 0 Å². The standard InChI is InChI=1S/C27H52O4/c1-5-9-11-13-14-15-16-17-18-19-20-22-24-31-26(29)27(7-3,8-4)25(28)30-23-21-12-10-6-2/h5-24H2,1-4H3. The van der Waals surface area contributed by atoms with Crippen molar-refractivity contribution in [2.75, 3.05) is 13.2 Å². The van der Waals surface area contributed by atoms with Crippen molar-refractivity contribution in [2.45, 2.75) is 143 Å². The van der Waals surface area contributed by atoms with Gasteiger partial charge in [0.15, 0.2) is 5.41 Å². The highest BCUT2D eigenvalue weighted by Gasteiger charge is 2.45. The van der Waals surface area contributed by atoms with Gasteiger partial charge >= 0.3 is 11.9 Å². The molecule has 0 fully saturated rings. The van der Waals surface area contributed by atoms with E-state index >= 15 is 0 Å². The Morgan fingerprint density at radius 1 is 0.484 bits per heavy atom. The number of unbranched alkanes of at least 4 members (excludes halogenated alkanes) is 14. The molecular weight excluding hydrogens is 388 g/mol. The van der Waals surface area contributed by atoms with Crippen LogP contribution in [0, 0.1) is 5.41 Å². The molecule has 0 bridgehead atoms. The molecule has 4 heteroatoms. The Morgan fingerprint density at radius 3 is 1.10 bits per heavy atom. The van der Waals surface area contributed by atoms with Crippen molar-refractivity contribution in [1.82, 2.24) is 0 Å². The zero-order valence-corrected chi connectivity index (χ0v) is 21.3. The summed E-state index contributed by atoms with van der Waals surface area (Å²) in [6.07, 6.45) is 20.3. The van der Waals surface area contributed by atoms with E-state index in [0.29, 0.717) is 26.1 Å². The highest BCUT2D eigenvalue weighted by atomic mass is 16.6. The van der Waals surface area contributed by atoms with E-state index in [9.17, 15) is 9.59 Å². The van der Waals surface area contributed by atoms with Gasteiger partial charge in [-0.3, -0.25) is 9.59 Å². The van der Waals surface area contributed by atoms with Crippen LogP contribution in [-0.4, -0.2) is 25.2 Å². The van der Waals surface area contributed by atoms with Crippen molar-refractivity contribution in [3.05, 3.63) is 0 Å².